The van der Waals surface area contributed by atoms with Crippen molar-refractivity contribution in [2.24, 2.45) is 0 Å². The van der Waals surface area contributed by atoms with E-state index in [0.717, 1.165) is 0 Å². The van der Waals surface area contributed by atoms with E-state index in [1.807, 2.05) is 0 Å². The highest BCUT2D eigenvalue weighted by Gasteiger charge is 2.14. The highest BCUT2D eigenvalue weighted by atomic mass is 32.1. The van der Waals surface area contributed by atoms with Crippen molar-refractivity contribution in [3.63, 3.8) is 0 Å². The second-order valence-electron chi connectivity index (χ2n) is 3.26. The lowest BCUT2D eigenvalue weighted by Gasteiger charge is -2.09. The molecule has 94 valence electrons. The molecule has 1 aromatic heterocycles. The lowest BCUT2D eigenvalue weighted by atomic mass is 10.2. The SMILES string of the molecule is COc1ccc(OC)c(C(=O)Nc2nncs2)c1. The van der Waals surface area contributed by atoms with Gasteiger partial charge in [0.15, 0.2) is 0 Å². The van der Waals surface area contributed by atoms with Gasteiger partial charge in [0.1, 0.15) is 17.0 Å². The molecule has 0 aliphatic carbocycles. The molecule has 0 saturated heterocycles. The Hall–Kier alpha value is -2.15. The zero-order chi connectivity index (χ0) is 13.0. The molecular formula is C11H11N3O3S. The van der Waals surface area contributed by atoms with Crippen LogP contribution >= 0.6 is 11.3 Å². The van der Waals surface area contributed by atoms with Gasteiger partial charge in [0.05, 0.1) is 19.8 Å². The van der Waals surface area contributed by atoms with Crippen LogP contribution in [0.15, 0.2) is 23.7 Å². The molecule has 1 N–H and O–H groups in total. The molecule has 2 aromatic rings. The molecule has 7 heteroatoms. The second-order valence-corrected chi connectivity index (χ2v) is 4.10. The van der Waals surface area contributed by atoms with Gasteiger partial charge in [0.25, 0.3) is 5.91 Å². The lowest BCUT2D eigenvalue weighted by Crippen LogP contribution is -2.13. The molecule has 0 aliphatic rings. The van der Waals surface area contributed by atoms with Crippen LogP contribution < -0.4 is 14.8 Å². The van der Waals surface area contributed by atoms with E-state index >= 15 is 0 Å². The predicted molar refractivity (Wildman–Crippen MR) is 67.4 cm³/mol. The molecule has 1 heterocycles. The van der Waals surface area contributed by atoms with Gasteiger partial charge in [-0.3, -0.25) is 10.1 Å². The molecular weight excluding hydrogens is 254 g/mol. The van der Waals surface area contributed by atoms with E-state index in [0.29, 0.717) is 22.2 Å². The fourth-order valence-corrected chi connectivity index (χ4v) is 1.82. The Bertz CT molecular complexity index is 542. The minimum atomic E-state index is -0.317. The topological polar surface area (TPSA) is 73.3 Å². The molecule has 0 atom stereocenters. The first-order valence-electron chi connectivity index (χ1n) is 5.04. The molecule has 0 fully saturated rings. The van der Waals surface area contributed by atoms with Crippen molar-refractivity contribution in [3.05, 3.63) is 29.3 Å². The molecule has 0 radical (unpaired) electrons. The maximum absolute atomic E-state index is 12.1. The number of nitrogens with one attached hydrogen (secondary N) is 1. The van der Waals surface area contributed by atoms with Crippen LogP contribution in [0.25, 0.3) is 0 Å². The minimum Gasteiger partial charge on any atom is -0.497 e. The number of anilines is 1. The van der Waals surface area contributed by atoms with E-state index in [1.165, 1.54) is 25.6 Å². The van der Waals surface area contributed by atoms with Gasteiger partial charge in [-0.25, -0.2) is 0 Å². The van der Waals surface area contributed by atoms with Crippen molar-refractivity contribution in [3.8, 4) is 11.5 Å². The van der Waals surface area contributed by atoms with E-state index in [-0.39, 0.29) is 5.91 Å². The summed E-state index contributed by atoms with van der Waals surface area (Å²) in [5, 5.41) is 10.5. The molecule has 18 heavy (non-hydrogen) atoms. The largest absolute Gasteiger partial charge is 0.497 e. The molecule has 2 rings (SSSR count). The third kappa shape index (κ3) is 2.57. The van der Waals surface area contributed by atoms with E-state index in [1.54, 1.807) is 23.7 Å². The van der Waals surface area contributed by atoms with Gasteiger partial charge in [-0.2, -0.15) is 0 Å². The highest BCUT2D eigenvalue weighted by Crippen LogP contribution is 2.25. The number of carbonyl (C=O) groups is 1. The van der Waals surface area contributed by atoms with E-state index in [2.05, 4.69) is 15.5 Å². The van der Waals surface area contributed by atoms with Crippen LogP contribution in [0.5, 0.6) is 11.5 Å². The molecule has 0 aliphatic heterocycles. The Labute approximate surface area is 108 Å². The quantitative estimate of drug-likeness (QED) is 0.912. The van der Waals surface area contributed by atoms with Crippen LogP contribution in [0.4, 0.5) is 5.13 Å². The number of hydrogen-bond donors (Lipinski definition) is 1. The smallest absolute Gasteiger partial charge is 0.261 e. The Kier molecular flexibility index (Phi) is 3.73. The average molecular weight is 265 g/mol. The van der Waals surface area contributed by atoms with Crippen molar-refractivity contribution in [2.75, 3.05) is 19.5 Å². The first-order chi connectivity index (χ1) is 8.74. The summed E-state index contributed by atoms with van der Waals surface area (Å²) in [5.41, 5.74) is 1.92. The normalized spacial score (nSPS) is 9.89. The van der Waals surface area contributed by atoms with E-state index in [4.69, 9.17) is 9.47 Å². The van der Waals surface area contributed by atoms with Gasteiger partial charge in [-0.1, -0.05) is 11.3 Å². The summed E-state index contributed by atoms with van der Waals surface area (Å²) in [6, 6.07) is 5.00. The zero-order valence-corrected chi connectivity index (χ0v) is 10.7. The molecule has 1 amide bonds. The first kappa shape index (κ1) is 12.3. The van der Waals surface area contributed by atoms with Crippen molar-refractivity contribution < 1.29 is 14.3 Å². The van der Waals surface area contributed by atoms with Crippen LogP contribution in [-0.4, -0.2) is 30.3 Å². The number of ether oxygens (including phenoxy) is 2. The molecule has 0 unspecified atom stereocenters. The van der Waals surface area contributed by atoms with Crippen LogP contribution in [0.1, 0.15) is 10.4 Å². The summed E-state index contributed by atoms with van der Waals surface area (Å²) in [5.74, 6) is 0.735. The van der Waals surface area contributed by atoms with Crippen LogP contribution in [0, 0.1) is 0 Å². The minimum absolute atomic E-state index is 0.317. The second kappa shape index (κ2) is 5.46. The fraction of sp³-hybridized carbons (Fsp3) is 0.182. The third-order valence-corrected chi connectivity index (χ3v) is 2.84. The van der Waals surface area contributed by atoms with Crippen molar-refractivity contribution >= 4 is 22.4 Å². The number of nitrogens with zero attached hydrogens (tertiary/aromatic N) is 2. The molecule has 0 spiro atoms. The maximum atomic E-state index is 12.1. The monoisotopic (exact) mass is 265 g/mol. The summed E-state index contributed by atoms with van der Waals surface area (Å²) in [7, 11) is 3.04. The van der Waals surface area contributed by atoms with Gasteiger partial charge < -0.3 is 9.47 Å². The Balaban J connectivity index is 2.27. The molecule has 6 nitrogen and oxygen atoms in total. The van der Waals surface area contributed by atoms with Crippen molar-refractivity contribution in [1.29, 1.82) is 0 Å². The van der Waals surface area contributed by atoms with Crippen LogP contribution in [-0.2, 0) is 0 Å². The summed E-state index contributed by atoms with van der Waals surface area (Å²) in [4.78, 5) is 12.1. The van der Waals surface area contributed by atoms with Crippen LogP contribution in [0.3, 0.4) is 0 Å². The highest BCUT2D eigenvalue weighted by molar-refractivity contribution is 7.13. The number of carbonyl (C=O) groups excluding carboxylic acids is 1. The number of benzene rings is 1. The number of amides is 1. The number of aromatic nitrogens is 2. The Morgan fingerprint density at radius 1 is 1.33 bits per heavy atom. The first-order valence-corrected chi connectivity index (χ1v) is 5.92. The number of methoxy groups -OCH3 is 2. The number of rotatable bonds is 4. The van der Waals surface area contributed by atoms with Crippen molar-refractivity contribution in [2.45, 2.75) is 0 Å². The molecule has 0 saturated carbocycles. The molecule has 0 bridgehead atoms. The predicted octanol–water partition coefficient (Wildman–Crippen LogP) is 1.81. The van der Waals surface area contributed by atoms with Gasteiger partial charge in [-0.15, -0.1) is 10.2 Å². The summed E-state index contributed by atoms with van der Waals surface area (Å²) in [6.45, 7) is 0. The molecule has 1 aromatic carbocycles. The number of hydrogen-bond acceptors (Lipinski definition) is 6. The zero-order valence-electron chi connectivity index (χ0n) is 9.84. The average Bonchev–Trinajstić information content (AvgIpc) is 2.90. The van der Waals surface area contributed by atoms with Gasteiger partial charge in [-0.05, 0) is 18.2 Å². The Morgan fingerprint density at radius 2 is 2.17 bits per heavy atom. The lowest BCUT2D eigenvalue weighted by molar-refractivity contribution is 0.102. The van der Waals surface area contributed by atoms with Crippen LogP contribution in [0.2, 0.25) is 0 Å². The maximum Gasteiger partial charge on any atom is 0.261 e. The summed E-state index contributed by atoms with van der Waals surface area (Å²) >= 11 is 1.24. The third-order valence-electron chi connectivity index (χ3n) is 2.23. The van der Waals surface area contributed by atoms with Gasteiger partial charge in [0.2, 0.25) is 5.13 Å². The summed E-state index contributed by atoms with van der Waals surface area (Å²) in [6.07, 6.45) is 0. The summed E-state index contributed by atoms with van der Waals surface area (Å²) < 4.78 is 10.2. The van der Waals surface area contributed by atoms with Crippen molar-refractivity contribution in [1.82, 2.24) is 10.2 Å². The van der Waals surface area contributed by atoms with E-state index in [9.17, 15) is 4.79 Å². The van der Waals surface area contributed by atoms with Gasteiger partial charge in [0, 0.05) is 0 Å². The van der Waals surface area contributed by atoms with Gasteiger partial charge >= 0.3 is 0 Å². The fourth-order valence-electron chi connectivity index (χ4n) is 1.38. The Morgan fingerprint density at radius 3 is 2.78 bits per heavy atom. The van der Waals surface area contributed by atoms with E-state index < -0.39 is 0 Å². The standard InChI is InChI=1S/C11H11N3O3S/c1-16-7-3-4-9(17-2)8(5-7)10(15)13-11-14-12-6-18-11/h3-6H,1-2H3,(H,13,14,15).